The third-order valence-electron chi connectivity index (χ3n) is 3.20. The first-order chi connectivity index (χ1) is 9.88. The zero-order valence-electron chi connectivity index (χ0n) is 10.7. The number of rotatable bonds is 4. The molecule has 0 heterocycles. The van der Waals surface area contributed by atoms with Gasteiger partial charge in [-0.1, -0.05) is 30.3 Å². The summed E-state index contributed by atoms with van der Waals surface area (Å²) < 4.78 is 0. The van der Waals surface area contributed by atoms with Crippen molar-refractivity contribution in [1.29, 1.82) is 0 Å². The minimum atomic E-state index is -2.11. The molecular formula is C13H12N2O6. The molecule has 1 aromatic carbocycles. The average Bonchev–Trinajstić information content (AvgIpc) is 2.47. The lowest BCUT2D eigenvalue weighted by atomic mass is 9.83. The molecule has 0 bridgehead atoms. The topological polar surface area (TPSA) is 127 Å². The van der Waals surface area contributed by atoms with E-state index >= 15 is 0 Å². The molecule has 1 aliphatic rings. The lowest BCUT2D eigenvalue weighted by Gasteiger charge is -2.24. The van der Waals surface area contributed by atoms with Crippen molar-refractivity contribution < 1.29 is 20.1 Å². The molecule has 1 aliphatic carbocycles. The van der Waals surface area contributed by atoms with Gasteiger partial charge in [0.25, 0.3) is 11.4 Å². The van der Waals surface area contributed by atoms with Crippen LogP contribution in [0.3, 0.4) is 0 Å². The van der Waals surface area contributed by atoms with Crippen LogP contribution in [0.5, 0.6) is 0 Å². The van der Waals surface area contributed by atoms with E-state index in [2.05, 4.69) is 0 Å². The van der Waals surface area contributed by atoms with E-state index in [1.54, 1.807) is 18.2 Å². The molecule has 8 nitrogen and oxygen atoms in total. The lowest BCUT2D eigenvalue weighted by molar-refractivity contribution is -0.456. The predicted octanol–water partition coefficient (Wildman–Crippen LogP) is 0.828. The molecule has 0 aliphatic heterocycles. The van der Waals surface area contributed by atoms with Crippen LogP contribution in [0.4, 0.5) is 0 Å². The molecule has 0 fully saturated rings. The average molecular weight is 292 g/mol. The molecule has 0 aromatic heterocycles. The van der Waals surface area contributed by atoms with Crippen LogP contribution in [0.25, 0.3) is 0 Å². The summed E-state index contributed by atoms with van der Waals surface area (Å²) >= 11 is 0. The van der Waals surface area contributed by atoms with E-state index in [9.17, 15) is 25.3 Å². The quantitative estimate of drug-likeness (QED) is 0.625. The number of hydrogen-bond acceptors (Lipinski definition) is 6. The summed E-state index contributed by atoms with van der Waals surface area (Å²) in [7, 11) is 0. The van der Waals surface area contributed by atoms with Crippen LogP contribution in [0.15, 0.2) is 53.9 Å². The van der Waals surface area contributed by atoms with Crippen molar-refractivity contribution in [3.8, 4) is 0 Å². The fourth-order valence-corrected chi connectivity index (χ4v) is 2.27. The van der Waals surface area contributed by atoms with Crippen molar-refractivity contribution in [1.82, 2.24) is 0 Å². The Bertz CT molecular complexity index is 605. The van der Waals surface area contributed by atoms with Gasteiger partial charge in [-0.25, -0.2) is 0 Å². The van der Waals surface area contributed by atoms with Gasteiger partial charge in [0.15, 0.2) is 5.92 Å². The number of hydrogen-bond donors (Lipinski definition) is 2. The van der Waals surface area contributed by atoms with Crippen molar-refractivity contribution in [2.24, 2.45) is 0 Å². The summed E-state index contributed by atoms with van der Waals surface area (Å²) in [5, 5.41) is 41.5. The summed E-state index contributed by atoms with van der Waals surface area (Å²) in [6.07, 6.45) is 1.69. The van der Waals surface area contributed by atoms with Gasteiger partial charge in [-0.2, -0.15) is 0 Å². The second kappa shape index (κ2) is 5.43. The maximum absolute atomic E-state index is 11.2. The highest BCUT2D eigenvalue weighted by Gasteiger charge is 2.45. The zero-order valence-corrected chi connectivity index (χ0v) is 10.7. The van der Waals surface area contributed by atoms with Gasteiger partial charge in [0.1, 0.15) is 5.60 Å². The van der Waals surface area contributed by atoms with Crippen LogP contribution in [-0.4, -0.2) is 32.3 Å². The number of aliphatic hydroxyl groups excluding tert-OH is 1. The van der Waals surface area contributed by atoms with E-state index in [1.807, 2.05) is 0 Å². The lowest BCUT2D eigenvalue weighted by Crippen LogP contribution is -2.36. The van der Waals surface area contributed by atoms with Crippen LogP contribution in [0.1, 0.15) is 11.5 Å². The second-order valence-electron chi connectivity index (χ2n) is 4.65. The molecule has 21 heavy (non-hydrogen) atoms. The fourth-order valence-electron chi connectivity index (χ4n) is 2.27. The zero-order chi connectivity index (χ0) is 15.6. The highest BCUT2D eigenvalue weighted by atomic mass is 16.6. The summed E-state index contributed by atoms with van der Waals surface area (Å²) in [5.74, 6) is -1.21. The molecule has 0 unspecified atom stereocenters. The molecule has 0 spiro atoms. The normalized spacial score (nSPS) is 25.0. The van der Waals surface area contributed by atoms with Crippen LogP contribution < -0.4 is 0 Å². The van der Waals surface area contributed by atoms with E-state index in [1.165, 1.54) is 12.1 Å². The van der Waals surface area contributed by atoms with Crippen molar-refractivity contribution in [2.75, 3.05) is 6.61 Å². The summed E-state index contributed by atoms with van der Waals surface area (Å²) in [5.41, 5.74) is -2.82. The molecule has 2 rings (SSSR count). The van der Waals surface area contributed by atoms with Gasteiger partial charge in [-0.3, -0.25) is 20.2 Å². The van der Waals surface area contributed by atoms with Gasteiger partial charge >= 0.3 is 0 Å². The largest absolute Gasteiger partial charge is 0.393 e. The summed E-state index contributed by atoms with van der Waals surface area (Å²) in [6, 6.07) is 7.96. The minimum Gasteiger partial charge on any atom is -0.393 e. The molecule has 8 heteroatoms. The number of nitrogens with zero attached hydrogens (tertiary/aromatic N) is 2. The standard InChI is InChI=1S/C13H12N2O6/c16-8-13(17)6-10(14(18)19)12(11(7-13)15(20)21)9-4-2-1-3-5-9/h1-7,12,16-17H,8H2. The van der Waals surface area contributed by atoms with Gasteiger partial charge < -0.3 is 10.2 Å². The molecule has 2 N–H and O–H groups in total. The van der Waals surface area contributed by atoms with Crippen molar-refractivity contribution in [3.63, 3.8) is 0 Å². The number of aliphatic hydroxyl groups is 2. The first kappa shape index (κ1) is 14.8. The summed E-state index contributed by atoms with van der Waals surface area (Å²) in [4.78, 5) is 20.8. The number of nitro groups is 2. The molecule has 0 atom stereocenters. The highest BCUT2D eigenvalue weighted by Crippen LogP contribution is 2.38. The molecule has 110 valence electrons. The Morgan fingerprint density at radius 3 is 1.90 bits per heavy atom. The Morgan fingerprint density at radius 1 is 1.05 bits per heavy atom. The minimum absolute atomic E-state index is 0.364. The van der Waals surface area contributed by atoms with E-state index in [-0.39, 0.29) is 0 Å². The Hall–Kier alpha value is -2.58. The van der Waals surface area contributed by atoms with Crippen LogP contribution >= 0.6 is 0 Å². The van der Waals surface area contributed by atoms with E-state index in [0.717, 1.165) is 12.2 Å². The molecule has 0 saturated heterocycles. The van der Waals surface area contributed by atoms with Gasteiger partial charge in [0.2, 0.25) is 0 Å². The molecule has 1 aromatic rings. The Labute approximate surface area is 118 Å². The van der Waals surface area contributed by atoms with Crippen molar-refractivity contribution >= 4 is 0 Å². The third-order valence-corrected chi connectivity index (χ3v) is 3.20. The molecular weight excluding hydrogens is 280 g/mol. The summed E-state index contributed by atoms with van der Waals surface area (Å²) in [6.45, 7) is -0.886. The van der Waals surface area contributed by atoms with E-state index < -0.39 is 39.4 Å². The molecule has 0 radical (unpaired) electrons. The maximum Gasteiger partial charge on any atom is 0.263 e. The van der Waals surface area contributed by atoms with Crippen LogP contribution in [-0.2, 0) is 0 Å². The SMILES string of the molecule is O=[N+]([O-])C1=CC(O)(CO)C=C([N+](=O)[O-])C1c1ccccc1. The van der Waals surface area contributed by atoms with E-state index in [0.29, 0.717) is 5.56 Å². The first-order valence-electron chi connectivity index (χ1n) is 6.00. The smallest absolute Gasteiger partial charge is 0.263 e. The van der Waals surface area contributed by atoms with Gasteiger partial charge in [-0.05, 0) is 5.56 Å². The third kappa shape index (κ3) is 2.81. The van der Waals surface area contributed by atoms with Crippen LogP contribution in [0.2, 0.25) is 0 Å². The van der Waals surface area contributed by atoms with E-state index in [4.69, 9.17) is 5.11 Å². The first-order valence-corrected chi connectivity index (χ1v) is 6.00. The van der Waals surface area contributed by atoms with Gasteiger partial charge in [0.05, 0.1) is 16.5 Å². The second-order valence-corrected chi connectivity index (χ2v) is 4.65. The molecule has 0 saturated carbocycles. The fraction of sp³-hybridized carbons (Fsp3) is 0.231. The monoisotopic (exact) mass is 292 g/mol. The Kier molecular flexibility index (Phi) is 3.83. The predicted molar refractivity (Wildman–Crippen MR) is 71.4 cm³/mol. The van der Waals surface area contributed by atoms with Gasteiger partial charge in [0, 0.05) is 12.2 Å². The van der Waals surface area contributed by atoms with Gasteiger partial charge in [-0.15, -0.1) is 0 Å². The molecule has 0 amide bonds. The Morgan fingerprint density at radius 2 is 1.52 bits per heavy atom. The van der Waals surface area contributed by atoms with Crippen LogP contribution in [0, 0.1) is 20.2 Å². The Balaban J connectivity index is 2.64. The maximum atomic E-state index is 11.2. The highest BCUT2D eigenvalue weighted by molar-refractivity contribution is 5.40. The number of benzene rings is 1. The van der Waals surface area contributed by atoms with Crippen molar-refractivity contribution in [3.05, 3.63) is 79.7 Å². The van der Waals surface area contributed by atoms with Crippen molar-refractivity contribution in [2.45, 2.75) is 11.5 Å².